The molecular formula is C7H12N2O6. The highest BCUT2D eigenvalue weighted by Gasteiger charge is 2.40. The summed E-state index contributed by atoms with van der Waals surface area (Å²) < 4.78 is 0. The highest BCUT2D eigenvalue weighted by atomic mass is 16.4. The molecule has 0 aromatic heterocycles. The molecule has 0 aliphatic carbocycles. The van der Waals surface area contributed by atoms with Gasteiger partial charge in [-0.1, -0.05) is 0 Å². The van der Waals surface area contributed by atoms with Crippen LogP contribution in [0.5, 0.6) is 0 Å². The number of rotatable bonds is 4. The normalized spacial score (nSPS) is 26.8. The molecule has 15 heavy (non-hydrogen) atoms. The summed E-state index contributed by atoms with van der Waals surface area (Å²) >= 11 is 0. The van der Waals surface area contributed by atoms with Gasteiger partial charge in [-0.25, -0.2) is 4.79 Å². The molecule has 0 aromatic rings. The van der Waals surface area contributed by atoms with Crippen molar-refractivity contribution in [2.75, 3.05) is 6.61 Å². The maximum Gasteiger partial charge on any atom is 0.322 e. The molecule has 4 atom stereocenters. The molecule has 1 aliphatic heterocycles. The van der Waals surface area contributed by atoms with E-state index in [0.717, 1.165) is 0 Å². The third-order valence-electron chi connectivity index (χ3n) is 2.08. The van der Waals surface area contributed by atoms with E-state index in [1.165, 1.54) is 0 Å². The van der Waals surface area contributed by atoms with Crippen LogP contribution in [0, 0.1) is 0 Å². The van der Waals surface area contributed by atoms with Crippen LogP contribution in [-0.4, -0.2) is 63.3 Å². The summed E-state index contributed by atoms with van der Waals surface area (Å²) in [6.45, 7) is -0.763. The molecule has 1 saturated heterocycles. The van der Waals surface area contributed by atoms with Crippen LogP contribution in [-0.2, 0) is 4.79 Å². The number of carbonyl (C=O) groups excluding carboxylic acids is 2. The zero-order valence-electron chi connectivity index (χ0n) is 7.62. The number of carbonyl (C=O) groups is 2. The summed E-state index contributed by atoms with van der Waals surface area (Å²) in [5, 5.41) is 40.1. The van der Waals surface area contributed by atoms with Gasteiger partial charge < -0.3 is 25.7 Å². The maximum atomic E-state index is 11.0. The minimum absolute atomic E-state index is 0.763. The fraction of sp³-hybridized carbons (Fsp3) is 0.714. The van der Waals surface area contributed by atoms with E-state index < -0.39 is 42.9 Å². The highest BCUT2D eigenvalue weighted by Crippen LogP contribution is 2.07. The molecule has 0 radical (unpaired) electrons. The highest BCUT2D eigenvalue weighted by molar-refractivity contribution is 6.04. The van der Waals surface area contributed by atoms with Gasteiger partial charge in [-0.05, 0) is 0 Å². The fourth-order valence-corrected chi connectivity index (χ4v) is 1.21. The van der Waals surface area contributed by atoms with Gasteiger partial charge in [-0.15, -0.1) is 0 Å². The number of hydrogen-bond acceptors (Lipinski definition) is 6. The number of hydrogen-bond donors (Lipinski definition) is 6. The van der Waals surface area contributed by atoms with Crippen LogP contribution in [0.2, 0.25) is 0 Å². The van der Waals surface area contributed by atoms with Crippen LogP contribution >= 0.6 is 0 Å². The van der Waals surface area contributed by atoms with E-state index in [9.17, 15) is 19.8 Å². The van der Waals surface area contributed by atoms with E-state index in [4.69, 9.17) is 10.2 Å². The van der Waals surface area contributed by atoms with Crippen LogP contribution in [0.4, 0.5) is 4.79 Å². The summed E-state index contributed by atoms with van der Waals surface area (Å²) in [5.41, 5.74) is 0. The predicted molar refractivity (Wildman–Crippen MR) is 45.6 cm³/mol. The monoisotopic (exact) mass is 220 g/mol. The Hall–Kier alpha value is -1.22. The lowest BCUT2D eigenvalue weighted by molar-refractivity contribution is -0.128. The van der Waals surface area contributed by atoms with Crippen molar-refractivity contribution in [2.45, 2.75) is 24.4 Å². The molecule has 0 spiro atoms. The minimum atomic E-state index is -1.72. The van der Waals surface area contributed by atoms with Crippen molar-refractivity contribution in [3.63, 3.8) is 0 Å². The molecule has 8 nitrogen and oxygen atoms in total. The topological polar surface area (TPSA) is 139 Å². The Morgan fingerprint density at radius 1 is 1.27 bits per heavy atom. The molecule has 6 N–H and O–H groups in total. The first-order valence-corrected chi connectivity index (χ1v) is 4.23. The van der Waals surface area contributed by atoms with Gasteiger partial charge in [0, 0.05) is 0 Å². The van der Waals surface area contributed by atoms with Gasteiger partial charge in [0.15, 0.2) is 0 Å². The summed E-state index contributed by atoms with van der Waals surface area (Å²) in [7, 11) is 0. The van der Waals surface area contributed by atoms with E-state index in [-0.39, 0.29) is 0 Å². The SMILES string of the molecule is O=C1NC(=O)C([C@H](O)[C@H](O)[C@H](O)CO)N1. The number of urea groups is 1. The zero-order valence-corrected chi connectivity index (χ0v) is 7.62. The quantitative estimate of drug-likeness (QED) is 0.269. The van der Waals surface area contributed by atoms with Crippen LogP contribution < -0.4 is 10.6 Å². The minimum Gasteiger partial charge on any atom is -0.394 e. The van der Waals surface area contributed by atoms with Crippen LogP contribution in [0.3, 0.4) is 0 Å². The first-order valence-electron chi connectivity index (χ1n) is 4.23. The second-order valence-corrected chi connectivity index (χ2v) is 3.17. The van der Waals surface area contributed by atoms with Crippen molar-refractivity contribution in [1.82, 2.24) is 10.6 Å². The average molecular weight is 220 g/mol. The van der Waals surface area contributed by atoms with Gasteiger partial charge >= 0.3 is 6.03 Å². The predicted octanol–water partition coefficient (Wildman–Crippen LogP) is -3.73. The van der Waals surface area contributed by atoms with Crippen molar-refractivity contribution >= 4 is 11.9 Å². The van der Waals surface area contributed by atoms with Crippen LogP contribution in [0.1, 0.15) is 0 Å². The van der Waals surface area contributed by atoms with Gasteiger partial charge in [0.1, 0.15) is 24.4 Å². The molecule has 0 aromatic carbocycles. The average Bonchev–Trinajstić information content (AvgIpc) is 2.54. The van der Waals surface area contributed by atoms with Gasteiger partial charge in [0.25, 0.3) is 5.91 Å². The second kappa shape index (κ2) is 4.53. The van der Waals surface area contributed by atoms with Crippen molar-refractivity contribution in [1.29, 1.82) is 0 Å². The molecule has 3 amide bonds. The fourth-order valence-electron chi connectivity index (χ4n) is 1.21. The Bertz CT molecular complexity index is 270. The smallest absolute Gasteiger partial charge is 0.322 e. The van der Waals surface area contributed by atoms with Gasteiger partial charge in [-0.2, -0.15) is 0 Å². The molecule has 8 heteroatoms. The standard InChI is InChI=1S/C7H12N2O6/c10-1-2(11)4(12)5(13)3-6(14)9-7(15)8-3/h2-5,10-13H,1H2,(H2,8,9,14,15)/t2-,3?,4-,5+/m1/s1. The number of amides is 3. The van der Waals surface area contributed by atoms with E-state index in [1.807, 2.05) is 5.32 Å². The van der Waals surface area contributed by atoms with E-state index >= 15 is 0 Å². The third kappa shape index (κ3) is 2.42. The maximum absolute atomic E-state index is 11.0. The van der Waals surface area contributed by atoms with E-state index in [1.54, 1.807) is 0 Å². The Morgan fingerprint density at radius 2 is 1.87 bits per heavy atom. The molecule has 1 unspecified atom stereocenters. The lowest BCUT2D eigenvalue weighted by Gasteiger charge is -2.24. The Balaban J connectivity index is 2.64. The van der Waals surface area contributed by atoms with E-state index in [2.05, 4.69) is 5.32 Å². The summed E-state index contributed by atoms with van der Waals surface area (Å²) in [5.74, 6) is -0.795. The van der Waals surface area contributed by atoms with Gasteiger partial charge in [-0.3, -0.25) is 10.1 Å². The first kappa shape index (κ1) is 11.9. The molecule has 1 heterocycles. The van der Waals surface area contributed by atoms with Gasteiger partial charge in [0.05, 0.1) is 6.61 Å². The zero-order chi connectivity index (χ0) is 11.6. The number of aliphatic hydroxyl groups excluding tert-OH is 4. The molecule has 1 aliphatic rings. The lowest BCUT2D eigenvalue weighted by Crippen LogP contribution is -2.52. The van der Waals surface area contributed by atoms with Crippen molar-refractivity contribution in [3.8, 4) is 0 Å². The van der Waals surface area contributed by atoms with Crippen LogP contribution in [0.25, 0.3) is 0 Å². The largest absolute Gasteiger partial charge is 0.394 e. The number of imide groups is 1. The Kier molecular flexibility index (Phi) is 3.58. The molecule has 1 rings (SSSR count). The molecule has 1 fully saturated rings. The summed E-state index contributed by atoms with van der Waals surface area (Å²) in [6.07, 6.45) is -4.98. The summed E-state index contributed by atoms with van der Waals surface area (Å²) in [4.78, 5) is 21.7. The van der Waals surface area contributed by atoms with Crippen molar-refractivity contribution < 1.29 is 30.0 Å². The lowest BCUT2D eigenvalue weighted by atomic mass is 10.0. The number of nitrogens with one attached hydrogen (secondary N) is 2. The molecule has 0 bridgehead atoms. The molecule has 86 valence electrons. The van der Waals surface area contributed by atoms with Crippen molar-refractivity contribution in [2.24, 2.45) is 0 Å². The summed E-state index contributed by atoms with van der Waals surface area (Å²) in [6, 6.07) is -2.11. The second-order valence-electron chi connectivity index (χ2n) is 3.17. The first-order chi connectivity index (χ1) is 6.97. The Labute approximate surface area is 84.5 Å². The van der Waals surface area contributed by atoms with Crippen molar-refractivity contribution in [3.05, 3.63) is 0 Å². The third-order valence-corrected chi connectivity index (χ3v) is 2.08. The molecule has 0 saturated carbocycles. The number of aliphatic hydroxyl groups is 4. The Morgan fingerprint density at radius 3 is 2.27 bits per heavy atom. The van der Waals surface area contributed by atoms with E-state index in [0.29, 0.717) is 0 Å². The van der Waals surface area contributed by atoms with Gasteiger partial charge in [0.2, 0.25) is 0 Å². The van der Waals surface area contributed by atoms with Crippen LogP contribution in [0.15, 0.2) is 0 Å². The molecular weight excluding hydrogens is 208 g/mol.